The lowest BCUT2D eigenvalue weighted by Gasteiger charge is -2.17. The highest BCUT2D eigenvalue weighted by Gasteiger charge is 2.20. The maximum absolute atomic E-state index is 12.1. The fraction of sp³-hybridized carbons (Fsp3) is 0.308. The molecule has 0 radical (unpaired) electrons. The van der Waals surface area contributed by atoms with Crippen molar-refractivity contribution in [1.82, 2.24) is 14.5 Å². The Morgan fingerprint density at radius 2 is 2.14 bits per heavy atom. The zero-order chi connectivity index (χ0) is 15.5. The first-order chi connectivity index (χ1) is 9.94. The summed E-state index contributed by atoms with van der Waals surface area (Å²) in [6.07, 6.45) is 2.25. The highest BCUT2D eigenvalue weighted by atomic mass is 35.5. The van der Waals surface area contributed by atoms with Crippen LogP contribution in [0.4, 0.5) is 0 Å². The van der Waals surface area contributed by atoms with Crippen LogP contribution in [-0.2, 0) is 21.8 Å². The van der Waals surface area contributed by atoms with Crippen molar-refractivity contribution in [3.8, 4) is 0 Å². The van der Waals surface area contributed by atoms with Gasteiger partial charge in [0.2, 0.25) is 10.0 Å². The molecule has 2 rings (SSSR count). The van der Waals surface area contributed by atoms with Gasteiger partial charge in [-0.1, -0.05) is 29.8 Å². The summed E-state index contributed by atoms with van der Waals surface area (Å²) in [6, 6.07) is 7.16. The van der Waals surface area contributed by atoms with Gasteiger partial charge < -0.3 is 4.74 Å². The van der Waals surface area contributed by atoms with E-state index in [1.807, 2.05) is 6.07 Å². The molecular formula is C13H16ClN3O3S. The molecule has 8 heteroatoms. The van der Waals surface area contributed by atoms with Crippen LogP contribution in [0, 0.1) is 0 Å². The van der Waals surface area contributed by atoms with Crippen LogP contribution < -0.4 is 4.72 Å². The highest BCUT2D eigenvalue weighted by Crippen LogP contribution is 2.24. The van der Waals surface area contributed by atoms with E-state index in [1.165, 1.54) is 24.2 Å². The van der Waals surface area contributed by atoms with Gasteiger partial charge in [0.1, 0.15) is 4.90 Å². The van der Waals surface area contributed by atoms with E-state index in [9.17, 15) is 8.42 Å². The third-order valence-electron chi connectivity index (χ3n) is 2.99. The molecule has 0 bridgehead atoms. The van der Waals surface area contributed by atoms with Crippen molar-refractivity contribution >= 4 is 21.6 Å². The molecule has 114 valence electrons. The van der Waals surface area contributed by atoms with Crippen LogP contribution in [0.25, 0.3) is 0 Å². The molecular weight excluding hydrogens is 314 g/mol. The van der Waals surface area contributed by atoms with Crippen LogP contribution in [0.15, 0.2) is 41.6 Å². The quantitative estimate of drug-likeness (QED) is 0.876. The van der Waals surface area contributed by atoms with E-state index in [0.29, 0.717) is 5.02 Å². The predicted octanol–water partition coefficient (Wildman–Crippen LogP) is 1.74. The maximum atomic E-state index is 12.1. The first-order valence-corrected chi connectivity index (χ1v) is 8.05. The molecule has 0 amide bonds. The first kappa shape index (κ1) is 16.0. The number of halogens is 1. The summed E-state index contributed by atoms with van der Waals surface area (Å²) in [5.74, 6) is 0. The monoisotopic (exact) mass is 329 g/mol. The molecule has 1 atom stereocenters. The highest BCUT2D eigenvalue weighted by molar-refractivity contribution is 7.89. The van der Waals surface area contributed by atoms with Crippen LogP contribution in [0.1, 0.15) is 11.7 Å². The summed E-state index contributed by atoms with van der Waals surface area (Å²) < 4.78 is 33.5. The number of aryl methyl sites for hydroxylation is 1. The number of sulfonamides is 1. The van der Waals surface area contributed by atoms with Crippen molar-refractivity contribution in [1.29, 1.82) is 0 Å². The summed E-state index contributed by atoms with van der Waals surface area (Å²) in [6.45, 7) is 0.0808. The van der Waals surface area contributed by atoms with E-state index in [-0.39, 0.29) is 11.4 Å². The second-order valence-electron chi connectivity index (χ2n) is 4.45. The van der Waals surface area contributed by atoms with Gasteiger partial charge in [-0.25, -0.2) is 13.1 Å². The fourth-order valence-corrected chi connectivity index (χ4v) is 3.13. The van der Waals surface area contributed by atoms with E-state index in [0.717, 1.165) is 5.56 Å². The average molecular weight is 330 g/mol. The molecule has 1 unspecified atom stereocenters. The minimum absolute atomic E-state index is 0.0808. The third kappa shape index (κ3) is 3.82. The number of hydrogen-bond acceptors (Lipinski definition) is 4. The molecule has 0 aliphatic heterocycles. The Balaban J connectivity index is 2.12. The van der Waals surface area contributed by atoms with Crippen molar-refractivity contribution in [3.05, 3.63) is 47.2 Å². The SMILES string of the molecule is COC(CNS(=O)(=O)c1cnn(C)c1)c1ccccc1Cl. The largest absolute Gasteiger partial charge is 0.375 e. The summed E-state index contributed by atoms with van der Waals surface area (Å²) in [7, 11) is -0.462. The van der Waals surface area contributed by atoms with Crippen LogP contribution >= 0.6 is 11.6 Å². The molecule has 0 aliphatic carbocycles. The lowest BCUT2D eigenvalue weighted by molar-refractivity contribution is 0.107. The van der Waals surface area contributed by atoms with E-state index in [1.54, 1.807) is 25.2 Å². The minimum atomic E-state index is -3.62. The molecule has 0 aliphatic rings. The normalized spacial score (nSPS) is 13.3. The Kier molecular flexibility index (Phi) is 5.00. The van der Waals surface area contributed by atoms with Gasteiger partial charge in [-0.2, -0.15) is 5.10 Å². The molecule has 2 aromatic rings. The Labute approximate surface area is 128 Å². The lowest BCUT2D eigenvalue weighted by atomic mass is 10.1. The number of methoxy groups -OCH3 is 1. The van der Waals surface area contributed by atoms with Crippen molar-refractivity contribution in [2.45, 2.75) is 11.0 Å². The molecule has 1 aromatic heterocycles. The van der Waals surface area contributed by atoms with Gasteiger partial charge >= 0.3 is 0 Å². The van der Waals surface area contributed by atoms with Gasteiger partial charge in [0.25, 0.3) is 0 Å². The average Bonchev–Trinajstić information content (AvgIpc) is 2.89. The number of nitrogens with one attached hydrogen (secondary N) is 1. The standard InChI is InChI=1S/C13H16ClN3O3S/c1-17-9-10(7-15-17)21(18,19)16-8-13(20-2)11-5-3-4-6-12(11)14/h3-7,9,13,16H,8H2,1-2H3. The van der Waals surface area contributed by atoms with Gasteiger partial charge in [-0.05, 0) is 6.07 Å². The van der Waals surface area contributed by atoms with E-state index < -0.39 is 16.1 Å². The molecule has 0 saturated heterocycles. The van der Waals surface area contributed by atoms with Crippen molar-refractivity contribution < 1.29 is 13.2 Å². The lowest BCUT2D eigenvalue weighted by Crippen LogP contribution is -2.29. The summed E-state index contributed by atoms with van der Waals surface area (Å²) in [4.78, 5) is 0.110. The molecule has 0 spiro atoms. The number of aromatic nitrogens is 2. The second-order valence-corrected chi connectivity index (χ2v) is 6.62. The summed E-state index contributed by atoms with van der Waals surface area (Å²) in [5.41, 5.74) is 0.732. The Bertz CT molecular complexity index is 715. The van der Waals surface area contributed by atoms with E-state index >= 15 is 0 Å². The predicted molar refractivity (Wildman–Crippen MR) is 79.6 cm³/mol. The topological polar surface area (TPSA) is 73.2 Å². The van der Waals surface area contributed by atoms with E-state index in [2.05, 4.69) is 9.82 Å². The Morgan fingerprint density at radius 3 is 2.71 bits per heavy atom. The molecule has 1 N–H and O–H groups in total. The van der Waals surface area contributed by atoms with Crippen LogP contribution in [0.3, 0.4) is 0 Å². The summed E-state index contributed by atoms with van der Waals surface area (Å²) >= 11 is 6.10. The second kappa shape index (κ2) is 6.57. The molecule has 0 fully saturated rings. The smallest absolute Gasteiger partial charge is 0.243 e. The van der Waals surface area contributed by atoms with Gasteiger partial charge in [0, 0.05) is 37.5 Å². The first-order valence-electron chi connectivity index (χ1n) is 6.19. The Hall–Kier alpha value is -1.41. The van der Waals surface area contributed by atoms with Crippen molar-refractivity contribution in [2.24, 2.45) is 7.05 Å². The van der Waals surface area contributed by atoms with Crippen LogP contribution in [0.5, 0.6) is 0 Å². The van der Waals surface area contributed by atoms with Crippen LogP contribution in [0.2, 0.25) is 5.02 Å². The van der Waals surface area contributed by atoms with Crippen molar-refractivity contribution in [2.75, 3.05) is 13.7 Å². The van der Waals surface area contributed by atoms with Gasteiger partial charge in [0.05, 0.1) is 12.3 Å². The molecule has 6 nitrogen and oxygen atoms in total. The van der Waals surface area contributed by atoms with Crippen molar-refractivity contribution in [3.63, 3.8) is 0 Å². The van der Waals surface area contributed by atoms with Crippen LogP contribution in [-0.4, -0.2) is 31.9 Å². The molecule has 21 heavy (non-hydrogen) atoms. The third-order valence-corrected chi connectivity index (χ3v) is 4.71. The van der Waals surface area contributed by atoms with E-state index in [4.69, 9.17) is 16.3 Å². The Morgan fingerprint density at radius 1 is 1.43 bits per heavy atom. The number of nitrogens with zero attached hydrogens (tertiary/aromatic N) is 2. The zero-order valence-corrected chi connectivity index (χ0v) is 13.2. The number of ether oxygens (including phenoxy) is 1. The fourth-order valence-electron chi connectivity index (χ4n) is 1.86. The molecule has 1 aromatic carbocycles. The summed E-state index contributed by atoms with van der Waals surface area (Å²) in [5, 5.41) is 4.38. The minimum Gasteiger partial charge on any atom is -0.375 e. The van der Waals surface area contributed by atoms with Gasteiger partial charge in [-0.3, -0.25) is 4.68 Å². The zero-order valence-electron chi connectivity index (χ0n) is 11.7. The van der Waals surface area contributed by atoms with Gasteiger partial charge in [0.15, 0.2) is 0 Å². The van der Waals surface area contributed by atoms with Gasteiger partial charge in [-0.15, -0.1) is 0 Å². The number of benzene rings is 1. The number of rotatable bonds is 6. The maximum Gasteiger partial charge on any atom is 0.243 e. The molecule has 1 heterocycles. The molecule has 0 saturated carbocycles. The number of hydrogen-bond donors (Lipinski definition) is 1.